The molecule has 0 aliphatic heterocycles. The summed E-state index contributed by atoms with van der Waals surface area (Å²) in [6.45, 7) is 14.6. The molecule has 0 bridgehead atoms. The van der Waals surface area contributed by atoms with Crippen molar-refractivity contribution in [3.63, 3.8) is 0 Å². The van der Waals surface area contributed by atoms with Gasteiger partial charge in [0.05, 0.1) is 29.5 Å². The quantitative estimate of drug-likeness (QED) is 0.127. The Morgan fingerprint density at radius 3 is 2.11 bits per heavy atom. The molecule has 1 unspecified atom stereocenters. The van der Waals surface area contributed by atoms with Gasteiger partial charge >= 0.3 is 11.9 Å². The maximum Gasteiger partial charge on any atom is 0.350 e. The molecule has 3 aliphatic rings. The Balaban J connectivity index is 1.66. The van der Waals surface area contributed by atoms with Gasteiger partial charge in [-0.15, -0.1) is 22.9 Å². The first kappa shape index (κ1) is 35.3. The number of allylic oxidation sites excluding steroid dienone is 4. The number of hydrogen-bond donors (Lipinski definition) is 0. The summed E-state index contributed by atoms with van der Waals surface area (Å²) < 4.78 is 11.5. The highest BCUT2D eigenvalue weighted by Gasteiger charge is 2.45. The predicted octanol–water partition coefficient (Wildman–Crippen LogP) is 8.71. The van der Waals surface area contributed by atoms with Crippen molar-refractivity contribution in [2.75, 3.05) is 17.9 Å². The molecule has 1 aromatic rings. The number of carbonyl (C=O) groups excluding carboxylic acids is 3. The molecule has 0 aromatic carbocycles. The Labute approximate surface area is 278 Å². The third kappa shape index (κ3) is 8.43. The molecule has 1 heterocycles. The minimum absolute atomic E-state index is 0.0167. The zero-order valence-electron chi connectivity index (χ0n) is 28.3. The predicted molar refractivity (Wildman–Crippen MR) is 183 cm³/mol. The summed E-state index contributed by atoms with van der Waals surface area (Å²) in [4.78, 5) is 44.1. The van der Waals surface area contributed by atoms with E-state index in [1.54, 1.807) is 0 Å². The largest absolute Gasteiger partial charge is 0.465 e. The first-order valence-electron chi connectivity index (χ1n) is 16.4. The number of carbonyl (C=O) groups is 3. The van der Waals surface area contributed by atoms with Crippen LogP contribution in [0, 0.1) is 40.9 Å². The Morgan fingerprint density at radius 2 is 1.60 bits per heavy atom. The highest BCUT2D eigenvalue weighted by molar-refractivity contribution is 7.15. The Hall–Kier alpha value is -2.56. The lowest BCUT2D eigenvalue weighted by Crippen LogP contribution is -2.51. The van der Waals surface area contributed by atoms with Crippen LogP contribution in [0.2, 0.25) is 0 Å². The van der Waals surface area contributed by atoms with Gasteiger partial charge in [0, 0.05) is 17.4 Å². The number of hydrogen-bond acceptors (Lipinski definition) is 6. The van der Waals surface area contributed by atoms with Gasteiger partial charge in [0.15, 0.2) is 0 Å². The molecule has 4 rings (SSSR count). The van der Waals surface area contributed by atoms with Crippen LogP contribution < -0.4 is 4.90 Å². The second-order valence-electron chi connectivity index (χ2n) is 14.6. The summed E-state index contributed by atoms with van der Waals surface area (Å²) in [5, 5.41) is 0. The van der Waals surface area contributed by atoms with Crippen molar-refractivity contribution in [2.45, 2.75) is 111 Å². The summed E-state index contributed by atoms with van der Waals surface area (Å²) in [5.74, 6) is 6.08. The average Bonchev–Trinajstić information content (AvgIpc) is 3.40. The van der Waals surface area contributed by atoms with E-state index in [9.17, 15) is 14.4 Å². The van der Waals surface area contributed by atoms with E-state index in [1.165, 1.54) is 29.6 Å². The van der Waals surface area contributed by atoms with Gasteiger partial charge in [-0.05, 0) is 104 Å². The molecule has 6 nitrogen and oxygen atoms in total. The van der Waals surface area contributed by atoms with Crippen LogP contribution in [0.4, 0.5) is 5.69 Å². The molecule has 0 radical (unpaired) electrons. The second kappa shape index (κ2) is 14.5. The Morgan fingerprint density at radius 1 is 1.02 bits per heavy atom. The average molecular weight is 656 g/mol. The van der Waals surface area contributed by atoms with Crippen molar-refractivity contribution in [1.82, 2.24) is 0 Å². The molecule has 1 fully saturated rings. The Bertz CT molecular complexity index is 1400. The van der Waals surface area contributed by atoms with Crippen molar-refractivity contribution >= 4 is 46.5 Å². The van der Waals surface area contributed by atoms with E-state index >= 15 is 0 Å². The number of thiophene rings is 1. The van der Waals surface area contributed by atoms with Crippen LogP contribution >= 0.6 is 22.9 Å². The summed E-state index contributed by atoms with van der Waals surface area (Å²) in [7, 11) is 1.36. The van der Waals surface area contributed by atoms with Gasteiger partial charge in [-0.2, -0.15) is 0 Å². The third-order valence-electron chi connectivity index (χ3n) is 9.66. The fourth-order valence-corrected chi connectivity index (χ4v) is 8.23. The van der Waals surface area contributed by atoms with Gasteiger partial charge in [0.25, 0.3) is 0 Å². The van der Waals surface area contributed by atoms with Crippen molar-refractivity contribution < 1.29 is 23.9 Å². The first-order valence-corrected chi connectivity index (χ1v) is 17.7. The number of ether oxygens (including phenoxy) is 2. The highest BCUT2D eigenvalue weighted by Crippen LogP contribution is 2.43. The van der Waals surface area contributed by atoms with Crippen LogP contribution in [-0.2, 0) is 19.1 Å². The van der Waals surface area contributed by atoms with Crippen LogP contribution in [0.25, 0.3) is 0 Å². The third-order valence-corrected chi connectivity index (χ3v) is 11.2. The number of esters is 2. The van der Waals surface area contributed by atoms with Crippen LogP contribution in [0.3, 0.4) is 0 Å². The molecule has 0 saturated heterocycles. The normalized spacial score (nSPS) is 28.6. The van der Waals surface area contributed by atoms with Crippen LogP contribution in [-0.4, -0.2) is 42.5 Å². The topological polar surface area (TPSA) is 72.9 Å². The van der Waals surface area contributed by atoms with Crippen molar-refractivity contribution in [1.29, 1.82) is 0 Å². The van der Waals surface area contributed by atoms with E-state index in [1.807, 2.05) is 31.7 Å². The molecule has 3 aliphatic carbocycles. The lowest BCUT2D eigenvalue weighted by molar-refractivity contribution is -0.168. The van der Waals surface area contributed by atoms with Crippen LogP contribution in [0.15, 0.2) is 29.4 Å². The molecule has 1 amide bonds. The number of nitrogens with zero attached hydrogens (tertiary/aromatic N) is 1. The minimum atomic E-state index is -0.777. The molecule has 1 saturated carbocycles. The van der Waals surface area contributed by atoms with Crippen molar-refractivity contribution in [2.24, 2.45) is 29.1 Å². The number of anilines is 1. The zero-order valence-corrected chi connectivity index (χ0v) is 29.8. The van der Waals surface area contributed by atoms with E-state index < -0.39 is 11.6 Å². The molecule has 246 valence electrons. The van der Waals surface area contributed by atoms with Crippen LogP contribution in [0.5, 0.6) is 0 Å². The van der Waals surface area contributed by atoms with Gasteiger partial charge in [-0.25, -0.2) is 4.79 Å². The Kier molecular flexibility index (Phi) is 11.3. The van der Waals surface area contributed by atoms with Gasteiger partial charge in [0.2, 0.25) is 5.91 Å². The van der Waals surface area contributed by atoms with E-state index in [0.29, 0.717) is 49.1 Å². The monoisotopic (exact) mass is 655 g/mol. The number of halogens is 1. The highest BCUT2D eigenvalue weighted by atomic mass is 35.5. The van der Waals surface area contributed by atoms with Crippen LogP contribution in [0.1, 0.15) is 114 Å². The zero-order chi connectivity index (χ0) is 33.1. The molecular formula is C37H50ClNO5S. The second-order valence-corrected chi connectivity index (χ2v) is 16.0. The van der Waals surface area contributed by atoms with E-state index in [2.05, 4.69) is 51.7 Å². The molecular weight excluding hydrogens is 606 g/mol. The minimum Gasteiger partial charge on any atom is -0.465 e. The maximum atomic E-state index is 14.6. The standard InChI is InChI=1S/C37H50ClNO5S/c1-23-9-11-29(25(3)19-23)33(40)39(31-21-28(15-16-36(5,6)7)45-32(31)35(42)43-8)27-13-17-37(22-38,18-14-27)44-34(41)30-12-10-24(2)20-26(30)4/h9-10,21,25-27,29-30H,11-14,17-20,22H2,1-8H3/t25-,26+,27?,29?,30+,37?/m1/s1. The van der Waals surface area contributed by atoms with E-state index in [4.69, 9.17) is 21.1 Å². The number of amides is 1. The fraction of sp³-hybridized carbons (Fsp3) is 0.649. The van der Waals surface area contributed by atoms with Gasteiger partial charge < -0.3 is 14.4 Å². The number of methoxy groups -OCH3 is 1. The van der Waals surface area contributed by atoms with Gasteiger partial charge in [-0.1, -0.05) is 49.0 Å². The SMILES string of the molecule is COC(=O)c1sc(C#CC(C)(C)C)cc1N(C(=O)C1CC=C(C)C[C@H]1C)C1CCC(CCl)(OC(=O)[C@H]2CC=C(C)C[C@@H]2C)CC1. The maximum absolute atomic E-state index is 14.6. The molecule has 0 spiro atoms. The lowest BCUT2D eigenvalue weighted by Gasteiger charge is -2.44. The molecule has 8 heteroatoms. The van der Waals surface area contributed by atoms with Crippen molar-refractivity contribution in [3.05, 3.63) is 39.1 Å². The number of alkyl halides is 1. The lowest BCUT2D eigenvalue weighted by atomic mass is 9.78. The van der Waals surface area contributed by atoms with Gasteiger partial charge in [0.1, 0.15) is 10.5 Å². The number of rotatable bonds is 7. The summed E-state index contributed by atoms with van der Waals surface area (Å²) >= 11 is 7.82. The fourth-order valence-electron chi connectivity index (χ4n) is 6.98. The van der Waals surface area contributed by atoms with E-state index in [0.717, 1.165) is 17.7 Å². The van der Waals surface area contributed by atoms with E-state index in [-0.39, 0.29) is 52.9 Å². The van der Waals surface area contributed by atoms with Gasteiger partial charge in [-0.3, -0.25) is 9.59 Å². The first-order chi connectivity index (χ1) is 21.2. The summed E-state index contributed by atoms with van der Waals surface area (Å²) in [6.07, 6.45) is 9.70. The summed E-state index contributed by atoms with van der Waals surface area (Å²) in [6, 6.07) is 1.69. The molecule has 0 N–H and O–H groups in total. The summed E-state index contributed by atoms with van der Waals surface area (Å²) in [5.41, 5.74) is 2.18. The smallest absolute Gasteiger partial charge is 0.350 e. The molecule has 4 atom stereocenters. The molecule has 45 heavy (non-hydrogen) atoms. The molecule has 1 aromatic heterocycles. The van der Waals surface area contributed by atoms with Crippen molar-refractivity contribution in [3.8, 4) is 11.8 Å².